The lowest BCUT2D eigenvalue weighted by Gasteiger charge is -2.06. The van der Waals surface area contributed by atoms with Gasteiger partial charge in [0.15, 0.2) is 0 Å². The summed E-state index contributed by atoms with van der Waals surface area (Å²) in [5, 5.41) is 0. The van der Waals surface area contributed by atoms with Crippen LogP contribution >= 0.6 is 11.6 Å². The van der Waals surface area contributed by atoms with E-state index in [9.17, 15) is 0 Å². The maximum atomic E-state index is 5.65. The Balaban J connectivity index is 2.38. The van der Waals surface area contributed by atoms with Gasteiger partial charge in [-0.3, -0.25) is 0 Å². The van der Waals surface area contributed by atoms with E-state index in [4.69, 9.17) is 21.1 Å². The second-order valence-electron chi connectivity index (χ2n) is 3.82. The number of benzene rings is 1. The van der Waals surface area contributed by atoms with Gasteiger partial charge in [-0.1, -0.05) is 17.9 Å². The van der Waals surface area contributed by atoms with Crippen LogP contribution in [0.25, 0.3) is 0 Å². The van der Waals surface area contributed by atoms with Gasteiger partial charge in [0, 0.05) is 31.6 Å². The summed E-state index contributed by atoms with van der Waals surface area (Å²) in [6, 6.07) is 7.83. The molecule has 2 nitrogen and oxygen atoms in total. The zero-order valence-corrected chi connectivity index (χ0v) is 11.5. The minimum absolute atomic E-state index is 0.572. The third kappa shape index (κ3) is 6.54. The minimum atomic E-state index is 0.572. The van der Waals surface area contributed by atoms with Crippen molar-refractivity contribution >= 4 is 11.6 Å². The first-order valence-electron chi connectivity index (χ1n) is 6.13. The summed E-state index contributed by atoms with van der Waals surface area (Å²) in [7, 11) is 1.71. The Hall–Kier alpha value is -1.17. The third-order valence-corrected chi connectivity index (χ3v) is 2.49. The van der Waals surface area contributed by atoms with E-state index in [1.165, 1.54) is 0 Å². The van der Waals surface area contributed by atoms with Crippen LogP contribution in [0.3, 0.4) is 0 Å². The zero-order chi connectivity index (χ0) is 13.1. The predicted octanol–water partition coefficient (Wildman–Crippen LogP) is 3.47. The van der Waals surface area contributed by atoms with E-state index in [2.05, 4.69) is 11.8 Å². The molecule has 0 radical (unpaired) electrons. The van der Waals surface area contributed by atoms with Gasteiger partial charge in [-0.15, -0.1) is 11.6 Å². The van der Waals surface area contributed by atoms with E-state index in [1.807, 2.05) is 24.3 Å². The zero-order valence-electron chi connectivity index (χ0n) is 10.7. The van der Waals surface area contributed by atoms with Gasteiger partial charge < -0.3 is 9.47 Å². The molecule has 3 heteroatoms. The predicted molar refractivity (Wildman–Crippen MR) is 75.3 cm³/mol. The molecule has 0 amide bonds. The lowest BCUT2D eigenvalue weighted by molar-refractivity contribution is 0.184. The molecule has 0 spiro atoms. The molecule has 0 bridgehead atoms. The van der Waals surface area contributed by atoms with Crippen molar-refractivity contribution in [2.45, 2.75) is 19.3 Å². The van der Waals surface area contributed by atoms with Crippen LogP contribution in [0.2, 0.25) is 0 Å². The number of alkyl halides is 1. The van der Waals surface area contributed by atoms with Crippen molar-refractivity contribution in [1.29, 1.82) is 0 Å². The third-order valence-electron chi connectivity index (χ3n) is 2.30. The normalized spacial score (nSPS) is 9.67. The molecular weight excluding hydrogens is 248 g/mol. The number of unbranched alkanes of at least 4 members (excludes halogenated alkanes) is 1. The SMILES string of the molecule is COCCCCOc1cccc(C#CCCCl)c1. The smallest absolute Gasteiger partial charge is 0.120 e. The molecule has 0 aromatic heterocycles. The largest absolute Gasteiger partial charge is 0.494 e. The van der Waals surface area contributed by atoms with Crippen LogP contribution in [-0.2, 0) is 4.74 Å². The summed E-state index contributed by atoms with van der Waals surface area (Å²) in [5.41, 5.74) is 0.967. The number of halogens is 1. The van der Waals surface area contributed by atoms with Gasteiger partial charge in [0.05, 0.1) is 6.61 Å². The highest BCUT2D eigenvalue weighted by molar-refractivity contribution is 6.18. The van der Waals surface area contributed by atoms with E-state index < -0.39 is 0 Å². The summed E-state index contributed by atoms with van der Waals surface area (Å²) in [5.74, 6) is 7.51. The van der Waals surface area contributed by atoms with Crippen LogP contribution in [-0.4, -0.2) is 26.2 Å². The molecule has 0 aliphatic carbocycles. The Kier molecular flexibility index (Phi) is 8.12. The first-order chi connectivity index (χ1) is 8.86. The Morgan fingerprint density at radius 1 is 1.22 bits per heavy atom. The van der Waals surface area contributed by atoms with E-state index in [0.29, 0.717) is 18.9 Å². The van der Waals surface area contributed by atoms with Gasteiger partial charge in [0.1, 0.15) is 5.75 Å². The van der Waals surface area contributed by atoms with E-state index in [-0.39, 0.29) is 0 Å². The van der Waals surface area contributed by atoms with Crippen LogP contribution in [0.1, 0.15) is 24.8 Å². The van der Waals surface area contributed by atoms with Crippen molar-refractivity contribution in [2.75, 3.05) is 26.2 Å². The van der Waals surface area contributed by atoms with Crippen LogP contribution in [0.15, 0.2) is 24.3 Å². The number of ether oxygens (including phenoxy) is 2. The van der Waals surface area contributed by atoms with Crippen molar-refractivity contribution in [3.63, 3.8) is 0 Å². The Morgan fingerprint density at radius 2 is 2.06 bits per heavy atom. The maximum absolute atomic E-state index is 5.65. The molecule has 0 saturated heterocycles. The molecule has 18 heavy (non-hydrogen) atoms. The van der Waals surface area contributed by atoms with Gasteiger partial charge >= 0.3 is 0 Å². The van der Waals surface area contributed by atoms with Gasteiger partial charge in [-0.2, -0.15) is 0 Å². The molecule has 0 saturated carbocycles. The molecule has 0 aliphatic rings. The molecule has 0 N–H and O–H groups in total. The Morgan fingerprint density at radius 3 is 2.83 bits per heavy atom. The van der Waals surface area contributed by atoms with Crippen molar-refractivity contribution in [3.05, 3.63) is 29.8 Å². The van der Waals surface area contributed by atoms with E-state index in [0.717, 1.165) is 30.8 Å². The fourth-order valence-electron chi connectivity index (χ4n) is 1.41. The first kappa shape index (κ1) is 14.9. The number of hydrogen-bond donors (Lipinski definition) is 0. The minimum Gasteiger partial charge on any atom is -0.494 e. The van der Waals surface area contributed by atoms with Crippen molar-refractivity contribution in [2.24, 2.45) is 0 Å². The van der Waals surface area contributed by atoms with Crippen LogP contribution in [0.5, 0.6) is 5.75 Å². The van der Waals surface area contributed by atoms with Crippen LogP contribution < -0.4 is 4.74 Å². The van der Waals surface area contributed by atoms with Crippen LogP contribution in [0, 0.1) is 11.8 Å². The van der Waals surface area contributed by atoms with Gasteiger partial charge in [-0.05, 0) is 31.0 Å². The maximum Gasteiger partial charge on any atom is 0.120 e. The number of hydrogen-bond acceptors (Lipinski definition) is 2. The van der Waals surface area contributed by atoms with Crippen molar-refractivity contribution in [1.82, 2.24) is 0 Å². The Bertz CT molecular complexity index is 393. The summed E-state index contributed by atoms with van der Waals surface area (Å²) in [4.78, 5) is 0. The van der Waals surface area contributed by atoms with E-state index in [1.54, 1.807) is 7.11 Å². The average molecular weight is 267 g/mol. The molecule has 1 aromatic carbocycles. The first-order valence-corrected chi connectivity index (χ1v) is 6.67. The van der Waals surface area contributed by atoms with Gasteiger partial charge in [0.2, 0.25) is 0 Å². The molecular formula is C15H19ClO2. The van der Waals surface area contributed by atoms with Gasteiger partial charge in [0.25, 0.3) is 0 Å². The summed E-state index contributed by atoms with van der Waals surface area (Å²) in [6.45, 7) is 1.50. The topological polar surface area (TPSA) is 18.5 Å². The Labute approximate surface area is 114 Å². The summed E-state index contributed by atoms with van der Waals surface area (Å²) < 4.78 is 10.6. The van der Waals surface area contributed by atoms with Crippen molar-refractivity contribution in [3.8, 4) is 17.6 Å². The lowest BCUT2D eigenvalue weighted by atomic mass is 10.2. The fourth-order valence-corrected chi connectivity index (χ4v) is 1.51. The highest BCUT2D eigenvalue weighted by Crippen LogP contribution is 2.13. The summed E-state index contributed by atoms with van der Waals surface area (Å²) >= 11 is 5.57. The molecule has 0 atom stereocenters. The standard InChI is InChI=1S/C15H19ClO2/c1-17-11-4-5-12-18-15-9-6-8-14(13-15)7-2-3-10-16/h6,8-9,13H,3-5,10-12H2,1H3. The van der Waals surface area contributed by atoms with Gasteiger partial charge in [-0.25, -0.2) is 0 Å². The molecule has 0 aliphatic heterocycles. The quantitative estimate of drug-likeness (QED) is 0.427. The number of rotatable bonds is 7. The highest BCUT2D eigenvalue weighted by Gasteiger charge is 1.95. The lowest BCUT2D eigenvalue weighted by Crippen LogP contribution is -1.99. The molecule has 1 aromatic rings. The monoisotopic (exact) mass is 266 g/mol. The second kappa shape index (κ2) is 9.82. The molecule has 0 fully saturated rings. The second-order valence-corrected chi connectivity index (χ2v) is 4.19. The molecule has 98 valence electrons. The number of methoxy groups -OCH3 is 1. The highest BCUT2D eigenvalue weighted by atomic mass is 35.5. The molecule has 0 heterocycles. The molecule has 0 unspecified atom stereocenters. The average Bonchev–Trinajstić information content (AvgIpc) is 2.39. The summed E-state index contributed by atoms with van der Waals surface area (Å²) in [6.07, 6.45) is 2.73. The van der Waals surface area contributed by atoms with Crippen LogP contribution in [0.4, 0.5) is 0 Å². The molecule has 1 rings (SSSR count). The van der Waals surface area contributed by atoms with E-state index >= 15 is 0 Å². The fraction of sp³-hybridized carbons (Fsp3) is 0.467. The van der Waals surface area contributed by atoms with Crippen molar-refractivity contribution < 1.29 is 9.47 Å².